The summed E-state index contributed by atoms with van der Waals surface area (Å²) in [6, 6.07) is 14.5. The predicted molar refractivity (Wildman–Crippen MR) is 123 cm³/mol. The first-order valence-corrected chi connectivity index (χ1v) is 12.2. The van der Waals surface area contributed by atoms with E-state index in [9.17, 15) is 13.2 Å². The van der Waals surface area contributed by atoms with Gasteiger partial charge in [0, 0.05) is 42.3 Å². The van der Waals surface area contributed by atoms with Crippen LogP contribution in [0.5, 0.6) is 0 Å². The molecule has 3 aromatic rings. The van der Waals surface area contributed by atoms with Gasteiger partial charge in [0.2, 0.25) is 15.9 Å². The molecular weight excluding hydrogens is 410 g/mol. The lowest BCUT2D eigenvalue weighted by atomic mass is 9.94. The Balaban J connectivity index is 1.37. The maximum Gasteiger partial charge on any atom is 0.243 e. The van der Waals surface area contributed by atoms with Crippen molar-refractivity contribution < 1.29 is 13.2 Å². The Morgan fingerprint density at radius 3 is 2.45 bits per heavy atom. The first-order chi connectivity index (χ1) is 14.8. The molecule has 0 unspecified atom stereocenters. The van der Waals surface area contributed by atoms with Crippen LogP contribution < -0.4 is 5.32 Å². The maximum atomic E-state index is 13.0. The van der Waals surface area contributed by atoms with Gasteiger partial charge in [0.05, 0.1) is 4.90 Å². The Labute approximate surface area is 183 Å². The number of H-pyrrole nitrogens is 1. The van der Waals surface area contributed by atoms with Gasteiger partial charge in [-0.2, -0.15) is 4.31 Å². The number of aromatic nitrogens is 1. The molecule has 2 atom stereocenters. The molecule has 0 saturated carbocycles. The second kappa shape index (κ2) is 8.85. The molecule has 6 nitrogen and oxygen atoms in total. The van der Waals surface area contributed by atoms with Gasteiger partial charge < -0.3 is 10.3 Å². The monoisotopic (exact) mass is 439 g/mol. The Hall–Kier alpha value is -2.64. The Kier molecular flexibility index (Phi) is 6.16. The topological polar surface area (TPSA) is 82.3 Å². The van der Waals surface area contributed by atoms with Gasteiger partial charge in [-0.1, -0.05) is 32.0 Å². The lowest BCUT2D eigenvalue weighted by Crippen LogP contribution is -2.42. The van der Waals surface area contributed by atoms with E-state index >= 15 is 0 Å². The standard InChI is InChI=1S/C24H29N3O3S/c1-17-13-18(2)16-27(15-17)31(29,30)21-10-8-20(9-11-21)26-24(28)12-7-19-14-25-23-6-4-3-5-22(19)23/h3-6,8-11,14,17-18,25H,7,12-13,15-16H2,1-2H3,(H,26,28)/t17-,18-/m0/s1. The highest BCUT2D eigenvalue weighted by Crippen LogP contribution is 2.27. The van der Waals surface area contributed by atoms with Crippen LogP contribution in [-0.4, -0.2) is 36.7 Å². The first-order valence-electron chi connectivity index (χ1n) is 10.8. The third kappa shape index (κ3) is 4.83. The van der Waals surface area contributed by atoms with Crippen molar-refractivity contribution in [1.29, 1.82) is 0 Å². The van der Waals surface area contributed by atoms with Gasteiger partial charge in [-0.15, -0.1) is 0 Å². The number of benzene rings is 2. The number of sulfonamides is 1. The average molecular weight is 440 g/mol. The fraction of sp³-hybridized carbons (Fsp3) is 0.375. The molecule has 164 valence electrons. The van der Waals surface area contributed by atoms with Gasteiger partial charge >= 0.3 is 0 Å². The highest BCUT2D eigenvalue weighted by molar-refractivity contribution is 7.89. The van der Waals surface area contributed by atoms with Crippen LogP contribution >= 0.6 is 0 Å². The first kappa shape index (κ1) is 21.6. The number of carbonyl (C=O) groups is 1. The van der Waals surface area contributed by atoms with Crippen LogP contribution in [-0.2, 0) is 21.2 Å². The van der Waals surface area contributed by atoms with Crippen LogP contribution in [0.3, 0.4) is 0 Å². The van der Waals surface area contributed by atoms with Crippen molar-refractivity contribution in [3.8, 4) is 0 Å². The zero-order chi connectivity index (χ0) is 22.0. The molecule has 0 bridgehead atoms. The summed E-state index contributed by atoms with van der Waals surface area (Å²) in [5, 5.41) is 4.00. The van der Waals surface area contributed by atoms with Crippen LogP contribution in [0, 0.1) is 11.8 Å². The molecule has 1 aliphatic heterocycles. The van der Waals surface area contributed by atoms with Crippen molar-refractivity contribution in [1.82, 2.24) is 9.29 Å². The van der Waals surface area contributed by atoms with Crippen LogP contribution in [0.25, 0.3) is 10.9 Å². The molecule has 1 saturated heterocycles. The molecular formula is C24H29N3O3S. The molecule has 1 amide bonds. The summed E-state index contributed by atoms with van der Waals surface area (Å²) < 4.78 is 27.6. The van der Waals surface area contributed by atoms with Gasteiger partial charge in [0.15, 0.2) is 0 Å². The normalized spacial score (nSPS) is 20.1. The quantitative estimate of drug-likeness (QED) is 0.597. The SMILES string of the molecule is C[C@H]1C[C@H](C)CN(S(=O)(=O)c2ccc(NC(=O)CCc3c[nH]c4ccccc34)cc2)C1. The lowest BCUT2D eigenvalue weighted by molar-refractivity contribution is -0.116. The number of piperidine rings is 1. The van der Waals surface area contributed by atoms with E-state index in [1.807, 2.05) is 30.5 Å². The number of rotatable bonds is 6. The zero-order valence-electron chi connectivity index (χ0n) is 18.0. The summed E-state index contributed by atoms with van der Waals surface area (Å²) in [6.07, 6.45) is 3.98. The number of para-hydroxylation sites is 1. The largest absolute Gasteiger partial charge is 0.361 e. The Morgan fingerprint density at radius 2 is 1.74 bits per heavy atom. The number of aryl methyl sites for hydroxylation is 1. The summed E-state index contributed by atoms with van der Waals surface area (Å²) in [4.78, 5) is 15.9. The Morgan fingerprint density at radius 1 is 1.06 bits per heavy atom. The van der Waals surface area contributed by atoms with Crippen LogP contribution in [0.4, 0.5) is 5.69 Å². The summed E-state index contributed by atoms with van der Waals surface area (Å²) in [6.45, 7) is 5.29. The number of anilines is 1. The van der Waals surface area contributed by atoms with Crippen molar-refractivity contribution in [2.24, 2.45) is 11.8 Å². The number of nitrogens with one attached hydrogen (secondary N) is 2. The van der Waals surface area contributed by atoms with E-state index in [0.29, 0.717) is 43.5 Å². The van der Waals surface area contributed by atoms with Crippen LogP contribution in [0.2, 0.25) is 0 Å². The van der Waals surface area contributed by atoms with Crippen LogP contribution in [0.1, 0.15) is 32.3 Å². The Bertz CT molecular complexity index is 1160. The van der Waals surface area contributed by atoms with Gasteiger partial charge in [-0.25, -0.2) is 8.42 Å². The fourth-order valence-corrected chi connectivity index (χ4v) is 6.15. The molecule has 2 N–H and O–H groups in total. The average Bonchev–Trinajstić information content (AvgIpc) is 3.15. The minimum absolute atomic E-state index is 0.0976. The third-order valence-corrected chi connectivity index (χ3v) is 7.75. The summed E-state index contributed by atoms with van der Waals surface area (Å²) in [7, 11) is -3.52. The molecule has 4 rings (SSSR count). The highest BCUT2D eigenvalue weighted by Gasteiger charge is 2.31. The fourth-order valence-electron chi connectivity index (χ4n) is 4.47. The second-order valence-electron chi connectivity index (χ2n) is 8.70. The second-order valence-corrected chi connectivity index (χ2v) is 10.6. The minimum atomic E-state index is -3.52. The number of fused-ring (bicyclic) bond motifs is 1. The number of carbonyl (C=O) groups excluding carboxylic acids is 1. The van der Waals surface area contributed by atoms with Gasteiger partial charge in [0.1, 0.15) is 0 Å². The molecule has 1 aliphatic rings. The van der Waals surface area contributed by atoms with E-state index in [-0.39, 0.29) is 10.8 Å². The third-order valence-electron chi connectivity index (χ3n) is 5.91. The number of hydrogen-bond donors (Lipinski definition) is 2. The zero-order valence-corrected chi connectivity index (χ0v) is 18.8. The maximum absolute atomic E-state index is 13.0. The molecule has 1 aromatic heterocycles. The smallest absolute Gasteiger partial charge is 0.243 e. The van der Waals surface area contributed by atoms with Crippen molar-refractivity contribution in [3.05, 3.63) is 60.3 Å². The number of amides is 1. The molecule has 31 heavy (non-hydrogen) atoms. The predicted octanol–water partition coefficient (Wildman–Crippen LogP) is 4.41. The van der Waals surface area contributed by atoms with Crippen molar-refractivity contribution >= 4 is 32.5 Å². The number of hydrogen-bond acceptors (Lipinski definition) is 3. The summed E-state index contributed by atoms with van der Waals surface area (Å²) in [5.41, 5.74) is 2.77. The van der Waals surface area contributed by atoms with E-state index in [1.54, 1.807) is 28.6 Å². The molecule has 0 aliphatic carbocycles. The van der Waals surface area contributed by atoms with E-state index < -0.39 is 10.0 Å². The van der Waals surface area contributed by atoms with Crippen molar-refractivity contribution in [2.45, 2.75) is 38.0 Å². The summed E-state index contributed by atoms with van der Waals surface area (Å²) >= 11 is 0. The number of aromatic amines is 1. The molecule has 7 heteroatoms. The molecule has 0 radical (unpaired) electrons. The molecule has 0 spiro atoms. The minimum Gasteiger partial charge on any atom is -0.361 e. The van der Waals surface area contributed by atoms with Gasteiger partial charge in [-0.3, -0.25) is 4.79 Å². The van der Waals surface area contributed by atoms with E-state index in [0.717, 1.165) is 22.9 Å². The van der Waals surface area contributed by atoms with Crippen molar-refractivity contribution in [3.63, 3.8) is 0 Å². The van der Waals surface area contributed by atoms with Gasteiger partial charge in [0.25, 0.3) is 0 Å². The molecule has 2 heterocycles. The highest BCUT2D eigenvalue weighted by atomic mass is 32.2. The van der Waals surface area contributed by atoms with Gasteiger partial charge in [-0.05, 0) is 60.6 Å². The summed E-state index contributed by atoms with van der Waals surface area (Å²) in [5.74, 6) is 0.614. The molecule has 2 aromatic carbocycles. The number of nitrogens with zero attached hydrogens (tertiary/aromatic N) is 1. The van der Waals surface area contributed by atoms with Crippen LogP contribution in [0.15, 0.2) is 59.6 Å². The van der Waals surface area contributed by atoms with E-state index in [4.69, 9.17) is 0 Å². The molecule has 1 fully saturated rings. The lowest BCUT2D eigenvalue weighted by Gasteiger charge is -2.34. The van der Waals surface area contributed by atoms with E-state index in [1.165, 1.54) is 0 Å². The van der Waals surface area contributed by atoms with E-state index in [2.05, 4.69) is 24.1 Å². The van der Waals surface area contributed by atoms with Crippen molar-refractivity contribution in [2.75, 3.05) is 18.4 Å².